The summed E-state index contributed by atoms with van der Waals surface area (Å²) in [6, 6.07) is 10.2. The zero-order valence-corrected chi connectivity index (χ0v) is 10.3. The second-order valence-corrected chi connectivity index (χ2v) is 5.46. The van der Waals surface area contributed by atoms with Crippen molar-refractivity contribution in [2.75, 3.05) is 6.61 Å². The number of ether oxygens (including phenoxy) is 2. The lowest BCUT2D eigenvalue weighted by molar-refractivity contribution is 0.104. The Hall–Kier alpha value is -0.860. The van der Waals surface area contributed by atoms with Crippen LogP contribution in [-0.4, -0.2) is 18.8 Å². The lowest BCUT2D eigenvalue weighted by atomic mass is 9.90. The topological polar surface area (TPSA) is 21.8 Å². The molecule has 1 aliphatic heterocycles. The number of hydrogen-bond acceptors (Lipinski definition) is 2. The molecule has 0 aliphatic carbocycles. The Morgan fingerprint density at radius 3 is 2.44 bits per heavy atom. The molecule has 0 amide bonds. The van der Waals surface area contributed by atoms with Crippen LogP contribution in [0.5, 0.6) is 0 Å². The van der Waals surface area contributed by atoms with Crippen LogP contribution in [0.15, 0.2) is 30.3 Å². The van der Waals surface area contributed by atoms with E-state index in [2.05, 4.69) is 32.9 Å². The molecule has 88 valence electrons. The summed E-state index contributed by atoms with van der Waals surface area (Å²) in [6.07, 6.45) is 0.659. The van der Waals surface area contributed by atoms with E-state index in [0.29, 0.717) is 25.4 Å². The highest BCUT2D eigenvalue weighted by Gasteiger charge is 2.47. The van der Waals surface area contributed by atoms with Crippen LogP contribution in [0.1, 0.15) is 26.3 Å². The first-order valence-electron chi connectivity index (χ1n) is 5.84. The van der Waals surface area contributed by atoms with Crippen molar-refractivity contribution in [2.24, 2.45) is 5.41 Å². The number of epoxide rings is 1. The van der Waals surface area contributed by atoms with E-state index in [0.717, 1.165) is 0 Å². The van der Waals surface area contributed by atoms with E-state index in [1.807, 2.05) is 18.2 Å². The van der Waals surface area contributed by atoms with Gasteiger partial charge in [0, 0.05) is 0 Å². The third kappa shape index (κ3) is 3.06. The molecule has 1 fully saturated rings. The van der Waals surface area contributed by atoms with E-state index in [1.165, 1.54) is 5.56 Å². The zero-order chi connectivity index (χ0) is 11.6. The summed E-state index contributed by atoms with van der Waals surface area (Å²) >= 11 is 0. The summed E-state index contributed by atoms with van der Waals surface area (Å²) in [5.74, 6) is 0. The second kappa shape index (κ2) is 4.56. The van der Waals surface area contributed by atoms with Crippen LogP contribution in [0.4, 0.5) is 0 Å². The molecule has 1 heterocycles. The van der Waals surface area contributed by atoms with Gasteiger partial charge in [0.2, 0.25) is 0 Å². The fraction of sp³-hybridized carbons (Fsp3) is 0.571. The van der Waals surface area contributed by atoms with Gasteiger partial charge in [-0.25, -0.2) is 0 Å². The standard InChI is InChI=1S/C14H20O2/c1-14(2,3)13-12(16-13)10-15-9-11-7-5-4-6-8-11/h4-8,12-13H,9-10H2,1-3H3/t12-,13-/m1/s1. The molecule has 1 aromatic rings. The molecule has 0 aromatic heterocycles. The van der Waals surface area contributed by atoms with Gasteiger partial charge in [-0.3, -0.25) is 0 Å². The first-order chi connectivity index (χ1) is 7.57. The molecule has 2 atom stereocenters. The molecule has 0 bridgehead atoms. The van der Waals surface area contributed by atoms with Crippen LogP contribution in [-0.2, 0) is 16.1 Å². The molecule has 0 N–H and O–H groups in total. The third-order valence-corrected chi connectivity index (χ3v) is 2.83. The van der Waals surface area contributed by atoms with E-state index in [9.17, 15) is 0 Å². The van der Waals surface area contributed by atoms with Crippen molar-refractivity contribution >= 4 is 0 Å². The number of benzene rings is 1. The van der Waals surface area contributed by atoms with E-state index in [4.69, 9.17) is 9.47 Å². The normalized spacial score (nSPS) is 24.4. The monoisotopic (exact) mass is 220 g/mol. The fourth-order valence-corrected chi connectivity index (χ4v) is 1.90. The molecular weight excluding hydrogens is 200 g/mol. The Kier molecular flexibility index (Phi) is 3.31. The predicted octanol–water partition coefficient (Wildman–Crippen LogP) is 3.02. The summed E-state index contributed by atoms with van der Waals surface area (Å²) < 4.78 is 11.2. The highest BCUT2D eigenvalue weighted by molar-refractivity contribution is 5.13. The SMILES string of the molecule is CC(C)(C)[C@@H]1O[C@@H]1COCc1ccccc1. The summed E-state index contributed by atoms with van der Waals surface area (Å²) in [6.45, 7) is 7.99. The van der Waals surface area contributed by atoms with Crippen molar-refractivity contribution in [3.63, 3.8) is 0 Å². The lowest BCUT2D eigenvalue weighted by Gasteiger charge is -2.14. The molecular formula is C14H20O2. The fourth-order valence-electron chi connectivity index (χ4n) is 1.90. The minimum Gasteiger partial charge on any atom is -0.374 e. The van der Waals surface area contributed by atoms with Crippen LogP contribution in [0.3, 0.4) is 0 Å². The van der Waals surface area contributed by atoms with E-state index >= 15 is 0 Å². The minimum absolute atomic E-state index is 0.237. The highest BCUT2D eigenvalue weighted by Crippen LogP contribution is 2.38. The minimum atomic E-state index is 0.237. The van der Waals surface area contributed by atoms with Gasteiger partial charge in [0.05, 0.1) is 19.3 Å². The Balaban J connectivity index is 1.68. The van der Waals surface area contributed by atoms with Gasteiger partial charge in [-0.2, -0.15) is 0 Å². The van der Waals surface area contributed by atoms with Crippen molar-refractivity contribution < 1.29 is 9.47 Å². The molecule has 2 rings (SSSR count). The molecule has 0 spiro atoms. The number of hydrogen-bond donors (Lipinski definition) is 0. The van der Waals surface area contributed by atoms with Gasteiger partial charge in [0.15, 0.2) is 0 Å². The van der Waals surface area contributed by atoms with E-state index in [1.54, 1.807) is 0 Å². The summed E-state index contributed by atoms with van der Waals surface area (Å²) in [5.41, 5.74) is 1.45. The van der Waals surface area contributed by atoms with Gasteiger partial charge in [0.25, 0.3) is 0 Å². The van der Waals surface area contributed by atoms with Crippen molar-refractivity contribution in [3.05, 3.63) is 35.9 Å². The molecule has 0 unspecified atom stereocenters. The Bertz CT molecular complexity index is 326. The molecule has 2 nitrogen and oxygen atoms in total. The molecule has 1 saturated heterocycles. The maximum Gasteiger partial charge on any atom is 0.108 e. The van der Waals surface area contributed by atoms with Gasteiger partial charge >= 0.3 is 0 Å². The van der Waals surface area contributed by atoms with E-state index < -0.39 is 0 Å². The smallest absolute Gasteiger partial charge is 0.108 e. The van der Waals surface area contributed by atoms with Crippen molar-refractivity contribution in [3.8, 4) is 0 Å². The van der Waals surface area contributed by atoms with Crippen LogP contribution in [0.2, 0.25) is 0 Å². The van der Waals surface area contributed by atoms with Gasteiger partial charge in [-0.15, -0.1) is 0 Å². The highest BCUT2D eigenvalue weighted by atomic mass is 16.6. The first kappa shape index (κ1) is 11.6. The van der Waals surface area contributed by atoms with Crippen LogP contribution in [0, 0.1) is 5.41 Å². The molecule has 1 aliphatic rings. The average Bonchev–Trinajstić information content (AvgIpc) is 2.98. The van der Waals surface area contributed by atoms with Gasteiger partial charge in [0.1, 0.15) is 6.10 Å². The van der Waals surface area contributed by atoms with Gasteiger partial charge < -0.3 is 9.47 Å². The van der Waals surface area contributed by atoms with E-state index in [-0.39, 0.29) is 5.41 Å². The molecule has 0 radical (unpaired) electrons. The average molecular weight is 220 g/mol. The molecule has 1 aromatic carbocycles. The van der Waals surface area contributed by atoms with Gasteiger partial charge in [-0.1, -0.05) is 51.1 Å². The maximum absolute atomic E-state index is 5.64. The summed E-state index contributed by atoms with van der Waals surface area (Å²) in [7, 11) is 0. The van der Waals surface area contributed by atoms with Crippen molar-refractivity contribution in [2.45, 2.75) is 39.6 Å². The van der Waals surface area contributed by atoms with Crippen LogP contribution in [0.25, 0.3) is 0 Å². The predicted molar refractivity (Wildman–Crippen MR) is 64.2 cm³/mol. The maximum atomic E-state index is 5.64. The lowest BCUT2D eigenvalue weighted by Crippen LogP contribution is -2.18. The Morgan fingerprint density at radius 1 is 1.19 bits per heavy atom. The third-order valence-electron chi connectivity index (χ3n) is 2.83. The van der Waals surface area contributed by atoms with Gasteiger partial charge in [-0.05, 0) is 11.0 Å². The second-order valence-electron chi connectivity index (χ2n) is 5.46. The largest absolute Gasteiger partial charge is 0.374 e. The summed E-state index contributed by atoms with van der Waals surface area (Å²) in [4.78, 5) is 0. The Morgan fingerprint density at radius 2 is 1.88 bits per heavy atom. The number of rotatable bonds is 4. The molecule has 16 heavy (non-hydrogen) atoms. The Labute approximate surface area is 97.6 Å². The quantitative estimate of drug-likeness (QED) is 0.727. The first-order valence-corrected chi connectivity index (χ1v) is 5.84. The molecule has 0 saturated carbocycles. The van der Waals surface area contributed by atoms with Crippen LogP contribution < -0.4 is 0 Å². The molecule has 2 heteroatoms. The summed E-state index contributed by atoms with van der Waals surface area (Å²) in [5, 5.41) is 0. The van der Waals surface area contributed by atoms with Crippen molar-refractivity contribution in [1.29, 1.82) is 0 Å². The van der Waals surface area contributed by atoms with Crippen molar-refractivity contribution in [1.82, 2.24) is 0 Å². The zero-order valence-electron chi connectivity index (χ0n) is 10.3. The van der Waals surface area contributed by atoms with Crippen LogP contribution >= 0.6 is 0 Å².